The number of methoxy groups -OCH3 is 1. The molecule has 0 aromatic heterocycles. The molecule has 0 aliphatic carbocycles. The van der Waals surface area contributed by atoms with Crippen LogP contribution in [-0.4, -0.2) is 13.0 Å². The highest BCUT2D eigenvalue weighted by atomic mass is 79.9. The second-order valence-electron chi connectivity index (χ2n) is 4.17. The number of rotatable bonds is 4. The second-order valence-corrected chi connectivity index (χ2v) is 5.43. The van der Waals surface area contributed by atoms with E-state index in [0.29, 0.717) is 22.9 Å². The van der Waals surface area contributed by atoms with Crippen LogP contribution in [0.1, 0.15) is 5.56 Å². The molecule has 0 aliphatic heterocycles. The van der Waals surface area contributed by atoms with Crippen LogP contribution >= 0.6 is 27.5 Å². The number of amides is 1. The normalized spacial score (nSPS) is 10.2. The summed E-state index contributed by atoms with van der Waals surface area (Å²) in [5.41, 5.74) is 1.58. The van der Waals surface area contributed by atoms with E-state index in [1.807, 2.05) is 24.3 Å². The molecular weight excluding hydrogens is 342 g/mol. The standard InChI is InChI=1S/C15H13BrClNO2/c1-20-14-7-6-11(9-13(14)17)18-15(19)8-10-4-2-3-5-12(10)16/h2-7,9H,8H2,1H3,(H,18,19). The number of hydrogen-bond donors (Lipinski definition) is 1. The van der Waals surface area contributed by atoms with Gasteiger partial charge in [-0.1, -0.05) is 45.7 Å². The Hall–Kier alpha value is -1.52. The van der Waals surface area contributed by atoms with Gasteiger partial charge in [0.25, 0.3) is 0 Å². The molecule has 1 amide bonds. The number of ether oxygens (including phenoxy) is 1. The fourth-order valence-electron chi connectivity index (χ4n) is 1.76. The first-order valence-corrected chi connectivity index (χ1v) is 7.14. The number of carbonyl (C=O) groups is 1. The maximum Gasteiger partial charge on any atom is 0.228 e. The molecule has 3 nitrogen and oxygen atoms in total. The minimum absolute atomic E-state index is 0.0990. The van der Waals surface area contributed by atoms with Crippen LogP contribution in [-0.2, 0) is 11.2 Å². The van der Waals surface area contributed by atoms with Gasteiger partial charge >= 0.3 is 0 Å². The molecule has 1 N–H and O–H groups in total. The minimum Gasteiger partial charge on any atom is -0.495 e. The van der Waals surface area contributed by atoms with E-state index in [4.69, 9.17) is 16.3 Å². The maximum absolute atomic E-state index is 12.0. The molecule has 0 bridgehead atoms. The van der Waals surface area contributed by atoms with Crippen molar-refractivity contribution in [3.05, 3.63) is 57.5 Å². The third-order valence-corrected chi connectivity index (χ3v) is 3.81. The third-order valence-electron chi connectivity index (χ3n) is 2.74. The largest absolute Gasteiger partial charge is 0.495 e. The number of nitrogens with one attached hydrogen (secondary N) is 1. The van der Waals surface area contributed by atoms with Crippen LogP contribution in [0.5, 0.6) is 5.75 Å². The van der Waals surface area contributed by atoms with E-state index in [1.54, 1.807) is 25.3 Å². The molecule has 0 unspecified atom stereocenters. The van der Waals surface area contributed by atoms with E-state index in [9.17, 15) is 4.79 Å². The number of carbonyl (C=O) groups excluding carboxylic acids is 1. The summed E-state index contributed by atoms with van der Waals surface area (Å²) in [7, 11) is 1.55. The number of hydrogen-bond acceptors (Lipinski definition) is 2. The van der Waals surface area contributed by atoms with Crippen molar-refractivity contribution in [3.8, 4) is 5.75 Å². The molecule has 0 atom stereocenters. The van der Waals surface area contributed by atoms with Crippen molar-refractivity contribution in [3.63, 3.8) is 0 Å². The first kappa shape index (κ1) is 14.9. The van der Waals surface area contributed by atoms with Gasteiger partial charge in [-0.25, -0.2) is 0 Å². The summed E-state index contributed by atoms with van der Waals surface area (Å²) >= 11 is 9.44. The maximum atomic E-state index is 12.0. The molecular formula is C15H13BrClNO2. The van der Waals surface area contributed by atoms with Gasteiger partial charge in [0.15, 0.2) is 0 Å². The van der Waals surface area contributed by atoms with Crippen molar-refractivity contribution >= 4 is 39.1 Å². The van der Waals surface area contributed by atoms with Gasteiger partial charge in [0, 0.05) is 10.2 Å². The highest BCUT2D eigenvalue weighted by Crippen LogP contribution is 2.27. The zero-order chi connectivity index (χ0) is 14.5. The highest BCUT2D eigenvalue weighted by Gasteiger charge is 2.08. The van der Waals surface area contributed by atoms with E-state index >= 15 is 0 Å². The quantitative estimate of drug-likeness (QED) is 0.889. The average Bonchev–Trinajstić information content (AvgIpc) is 2.41. The van der Waals surface area contributed by atoms with Crippen molar-refractivity contribution in [1.29, 1.82) is 0 Å². The zero-order valence-electron chi connectivity index (χ0n) is 10.8. The summed E-state index contributed by atoms with van der Waals surface area (Å²) in [6.45, 7) is 0. The van der Waals surface area contributed by atoms with Crippen LogP contribution in [0.4, 0.5) is 5.69 Å². The first-order valence-electron chi connectivity index (χ1n) is 5.97. The summed E-state index contributed by atoms with van der Waals surface area (Å²) in [5.74, 6) is 0.480. The molecule has 2 aromatic rings. The molecule has 5 heteroatoms. The minimum atomic E-state index is -0.0990. The second kappa shape index (κ2) is 6.77. The number of anilines is 1. The molecule has 20 heavy (non-hydrogen) atoms. The van der Waals surface area contributed by atoms with Gasteiger partial charge in [-0.15, -0.1) is 0 Å². The fraction of sp³-hybridized carbons (Fsp3) is 0.133. The van der Waals surface area contributed by atoms with Gasteiger partial charge in [-0.05, 0) is 29.8 Å². The van der Waals surface area contributed by atoms with Gasteiger partial charge < -0.3 is 10.1 Å². The highest BCUT2D eigenvalue weighted by molar-refractivity contribution is 9.10. The molecule has 0 radical (unpaired) electrons. The lowest BCUT2D eigenvalue weighted by Gasteiger charge is -2.09. The average molecular weight is 355 g/mol. The lowest BCUT2D eigenvalue weighted by atomic mass is 10.1. The Balaban J connectivity index is 2.05. The summed E-state index contributed by atoms with van der Waals surface area (Å²) in [6, 6.07) is 12.8. The molecule has 0 spiro atoms. The van der Waals surface area contributed by atoms with Crippen LogP contribution in [0.25, 0.3) is 0 Å². The molecule has 0 saturated heterocycles. The Morgan fingerprint density at radius 3 is 2.70 bits per heavy atom. The van der Waals surface area contributed by atoms with E-state index in [1.165, 1.54) is 0 Å². The van der Waals surface area contributed by atoms with Crippen molar-refractivity contribution < 1.29 is 9.53 Å². The van der Waals surface area contributed by atoms with Crippen LogP contribution < -0.4 is 10.1 Å². The molecule has 0 heterocycles. The smallest absolute Gasteiger partial charge is 0.228 e. The van der Waals surface area contributed by atoms with Gasteiger partial charge in [-0.2, -0.15) is 0 Å². The first-order chi connectivity index (χ1) is 9.60. The monoisotopic (exact) mass is 353 g/mol. The molecule has 0 saturated carbocycles. The third kappa shape index (κ3) is 3.74. The predicted molar refractivity (Wildman–Crippen MR) is 84.5 cm³/mol. The predicted octanol–water partition coefficient (Wildman–Crippen LogP) is 4.29. The summed E-state index contributed by atoms with van der Waals surface area (Å²) in [4.78, 5) is 12.0. The summed E-state index contributed by atoms with van der Waals surface area (Å²) < 4.78 is 5.98. The Morgan fingerprint density at radius 1 is 1.30 bits per heavy atom. The molecule has 2 aromatic carbocycles. The Bertz CT molecular complexity index is 631. The molecule has 0 aliphatic rings. The number of benzene rings is 2. The molecule has 104 valence electrons. The van der Waals surface area contributed by atoms with Gasteiger partial charge in [-0.3, -0.25) is 4.79 Å². The van der Waals surface area contributed by atoms with Crippen molar-refractivity contribution in [1.82, 2.24) is 0 Å². The van der Waals surface area contributed by atoms with Crippen LogP contribution in [0.15, 0.2) is 46.9 Å². The van der Waals surface area contributed by atoms with Gasteiger partial charge in [0.2, 0.25) is 5.91 Å². The van der Waals surface area contributed by atoms with E-state index in [2.05, 4.69) is 21.2 Å². The Kier molecular flexibility index (Phi) is 5.04. The summed E-state index contributed by atoms with van der Waals surface area (Å²) in [5, 5.41) is 3.27. The molecule has 0 fully saturated rings. The van der Waals surface area contributed by atoms with Crippen molar-refractivity contribution in [2.75, 3.05) is 12.4 Å². The van der Waals surface area contributed by atoms with Crippen LogP contribution in [0, 0.1) is 0 Å². The Labute approximate surface area is 131 Å². The summed E-state index contributed by atoms with van der Waals surface area (Å²) in [6.07, 6.45) is 0.297. The van der Waals surface area contributed by atoms with Gasteiger partial charge in [0.1, 0.15) is 5.75 Å². The fourth-order valence-corrected chi connectivity index (χ4v) is 2.45. The van der Waals surface area contributed by atoms with Crippen LogP contribution in [0.3, 0.4) is 0 Å². The van der Waals surface area contributed by atoms with Crippen LogP contribution in [0.2, 0.25) is 5.02 Å². The SMILES string of the molecule is COc1ccc(NC(=O)Cc2ccccc2Br)cc1Cl. The zero-order valence-corrected chi connectivity index (χ0v) is 13.2. The lowest BCUT2D eigenvalue weighted by Crippen LogP contribution is -2.14. The van der Waals surface area contributed by atoms with E-state index in [-0.39, 0.29) is 5.91 Å². The van der Waals surface area contributed by atoms with Gasteiger partial charge in [0.05, 0.1) is 18.6 Å². The Morgan fingerprint density at radius 2 is 2.05 bits per heavy atom. The number of halogens is 2. The van der Waals surface area contributed by atoms with E-state index in [0.717, 1.165) is 10.0 Å². The molecule has 2 rings (SSSR count). The van der Waals surface area contributed by atoms with Crippen molar-refractivity contribution in [2.24, 2.45) is 0 Å². The topological polar surface area (TPSA) is 38.3 Å². The van der Waals surface area contributed by atoms with E-state index < -0.39 is 0 Å². The lowest BCUT2D eigenvalue weighted by molar-refractivity contribution is -0.115. The van der Waals surface area contributed by atoms with Crippen molar-refractivity contribution in [2.45, 2.75) is 6.42 Å².